The van der Waals surface area contributed by atoms with Crippen LogP contribution in [0, 0.1) is 19.3 Å². The minimum atomic E-state index is -3.38. The average Bonchev–Trinajstić information content (AvgIpc) is 2.34. The van der Waals surface area contributed by atoms with Crippen LogP contribution < -0.4 is 4.72 Å². The molecular weight excluding hydrogens is 246 g/mol. The highest BCUT2D eigenvalue weighted by molar-refractivity contribution is 7.89. The molecule has 0 fully saturated rings. The molecule has 0 atom stereocenters. The largest absolute Gasteiger partial charge is 0.240 e. The molecule has 0 aliphatic carbocycles. The highest BCUT2D eigenvalue weighted by atomic mass is 32.2. The van der Waals surface area contributed by atoms with Gasteiger partial charge in [0.25, 0.3) is 0 Å². The van der Waals surface area contributed by atoms with E-state index in [1.54, 1.807) is 30.3 Å². The van der Waals surface area contributed by atoms with E-state index < -0.39 is 10.0 Å². The molecule has 1 N–H and O–H groups in total. The standard InChI is InChI=1S/C14H17NO2S/c1-3-4-5-6-7-12-15-18(16,17)14-10-8-13(2)9-11-14/h1,4-5,8-11,15H,6-7,12H2,2H3/b5-4+. The van der Waals surface area contributed by atoms with E-state index in [9.17, 15) is 8.42 Å². The molecule has 0 heterocycles. The molecule has 4 heteroatoms. The summed E-state index contributed by atoms with van der Waals surface area (Å²) in [6.07, 6.45) is 10.0. The number of unbranched alkanes of at least 4 members (excludes halogenated alkanes) is 1. The minimum Gasteiger partial charge on any atom is -0.211 e. The first-order chi connectivity index (χ1) is 8.56. The maximum Gasteiger partial charge on any atom is 0.240 e. The van der Waals surface area contributed by atoms with Gasteiger partial charge in [-0.2, -0.15) is 0 Å². The number of allylic oxidation sites excluding steroid dienone is 2. The summed E-state index contributed by atoms with van der Waals surface area (Å²) in [6, 6.07) is 6.78. The van der Waals surface area contributed by atoms with Gasteiger partial charge in [0.15, 0.2) is 0 Å². The van der Waals surface area contributed by atoms with Crippen LogP contribution in [-0.4, -0.2) is 15.0 Å². The third kappa shape index (κ3) is 4.74. The predicted octanol–water partition coefficient (Wildman–Crippen LogP) is 2.24. The normalized spacial score (nSPS) is 11.6. The number of terminal acetylenes is 1. The fourth-order valence-electron chi connectivity index (χ4n) is 1.38. The van der Waals surface area contributed by atoms with Crippen molar-refractivity contribution in [1.82, 2.24) is 4.72 Å². The van der Waals surface area contributed by atoms with Gasteiger partial charge in [0.05, 0.1) is 4.90 Å². The second-order valence-corrected chi connectivity index (χ2v) is 5.69. The van der Waals surface area contributed by atoms with Gasteiger partial charge in [0.1, 0.15) is 0 Å². The van der Waals surface area contributed by atoms with Gasteiger partial charge in [0, 0.05) is 6.54 Å². The van der Waals surface area contributed by atoms with E-state index in [0.29, 0.717) is 11.4 Å². The average molecular weight is 263 g/mol. The predicted molar refractivity (Wildman–Crippen MR) is 73.6 cm³/mol. The van der Waals surface area contributed by atoms with E-state index in [4.69, 9.17) is 6.42 Å². The van der Waals surface area contributed by atoms with Gasteiger partial charge >= 0.3 is 0 Å². The fourth-order valence-corrected chi connectivity index (χ4v) is 2.45. The molecule has 0 amide bonds. The number of sulfonamides is 1. The first-order valence-corrected chi connectivity index (χ1v) is 7.22. The van der Waals surface area contributed by atoms with Crippen molar-refractivity contribution in [2.45, 2.75) is 24.7 Å². The summed E-state index contributed by atoms with van der Waals surface area (Å²) in [7, 11) is -3.38. The molecule has 0 unspecified atom stereocenters. The number of aryl methyl sites for hydroxylation is 1. The second kappa shape index (κ2) is 7.00. The quantitative estimate of drug-likeness (QED) is 0.632. The Kier molecular flexibility index (Phi) is 5.63. The van der Waals surface area contributed by atoms with Crippen molar-refractivity contribution in [1.29, 1.82) is 0 Å². The van der Waals surface area contributed by atoms with Gasteiger partial charge in [-0.3, -0.25) is 0 Å². The first-order valence-electron chi connectivity index (χ1n) is 5.74. The van der Waals surface area contributed by atoms with Crippen molar-refractivity contribution < 1.29 is 8.42 Å². The van der Waals surface area contributed by atoms with E-state index in [-0.39, 0.29) is 0 Å². The summed E-state index contributed by atoms with van der Waals surface area (Å²) in [6.45, 7) is 2.33. The highest BCUT2D eigenvalue weighted by Gasteiger charge is 2.11. The van der Waals surface area contributed by atoms with Gasteiger partial charge in [-0.25, -0.2) is 13.1 Å². The summed E-state index contributed by atoms with van der Waals surface area (Å²) in [5.74, 6) is 2.39. The van der Waals surface area contributed by atoms with Gasteiger partial charge in [-0.15, -0.1) is 6.42 Å². The SMILES string of the molecule is C#C/C=C/CCCNS(=O)(=O)c1ccc(C)cc1. The molecule has 0 aliphatic rings. The summed E-state index contributed by atoms with van der Waals surface area (Å²) < 4.78 is 26.3. The fraction of sp³-hybridized carbons (Fsp3) is 0.286. The van der Waals surface area contributed by atoms with Crippen LogP contribution >= 0.6 is 0 Å². The molecule has 0 saturated carbocycles. The number of rotatable bonds is 6. The summed E-state index contributed by atoms with van der Waals surface area (Å²) in [4.78, 5) is 0.298. The number of benzene rings is 1. The van der Waals surface area contributed by atoms with Crippen LogP contribution in [0.25, 0.3) is 0 Å². The Morgan fingerprint density at radius 2 is 2.00 bits per heavy atom. The van der Waals surface area contributed by atoms with E-state index in [1.165, 1.54) is 0 Å². The first kappa shape index (κ1) is 14.5. The molecule has 0 bridgehead atoms. The van der Waals surface area contributed by atoms with E-state index in [1.807, 2.05) is 13.0 Å². The van der Waals surface area contributed by atoms with Crippen LogP contribution in [0.1, 0.15) is 18.4 Å². The molecule has 0 saturated heterocycles. The number of nitrogens with one attached hydrogen (secondary N) is 1. The van der Waals surface area contributed by atoms with Gasteiger partial charge < -0.3 is 0 Å². The molecule has 0 spiro atoms. The Morgan fingerprint density at radius 1 is 1.33 bits per heavy atom. The van der Waals surface area contributed by atoms with Crippen molar-refractivity contribution in [3.63, 3.8) is 0 Å². The van der Waals surface area contributed by atoms with Crippen LogP contribution in [0.2, 0.25) is 0 Å². The zero-order valence-electron chi connectivity index (χ0n) is 10.4. The van der Waals surface area contributed by atoms with Crippen LogP contribution in [0.3, 0.4) is 0 Å². The van der Waals surface area contributed by atoms with E-state index in [0.717, 1.165) is 18.4 Å². The van der Waals surface area contributed by atoms with Crippen molar-refractivity contribution in [2.75, 3.05) is 6.54 Å². The lowest BCUT2D eigenvalue weighted by Gasteiger charge is -2.06. The van der Waals surface area contributed by atoms with Crippen molar-refractivity contribution >= 4 is 10.0 Å². The summed E-state index contributed by atoms with van der Waals surface area (Å²) in [5.41, 5.74) is 1.04. The number of hydrogen-bond acceptors (Lipinski definition) is 2. The number of hydrogen-bond donors (Lipinski definition) is 1. The third-order valence-electron chi connectivity index (χ3n) is 2.39. The molecule has 18 heavy (non-hydrogen) atoms. The maximum absolute atomic E-state index is 11.9. The van der Waals surface area contributed by atoms with E-state index >= 15 is 0 Å². The van der Waals surface area contributed by atoms with Gasteiger partial charge in [0.2, 0.25) is 10.0 Å². The van der Waals surface area contributed by atoms with Crippen LogP contribution in [0.5, 0.6) is 0 Å². The smallest absolute Gasteiger partial charge is 0.211 e. The Labute approximate surface area is 109 Å². The molecule has 1 rings (SSSR count). The molecular formula is C14H17NO2S. The summed E-state index contributed by atoms with van der Waals surface area (Å²) in [5, 5.41) is 0. The Hall–Kier alpha value is -1.57. The maximum atomic E-state index is 11.9. The zero-order chi connectivity index (χ0) is 13.4. The molecule has 0 radical (unpaired) electrons. The van der Waals surface area contributed by atoms with E-state index in [2.05, 4.69) is 10.6 Å². The monoisotopic (exact) mass is 263 g/mol. The molecule has 0 aliphatic heterocycles. The van der Waals surface area contributed by atoms with Gasteiger partial charge in [-0.1, -0.05) is 29.7 Å². The van der Waals surface area contributed by atoms with Crippen LogP contribution in [-0.2, 0) is 10.0 Å². The lowest BCUT2D eigenvalue weighted by atomic mass is 10.2. The Bertz CT molecular complexity index is 536. The van der Waals surface area contributed by atoms with Crippen molar-refractivity contribution in [3.05, 3.63) is 42.0 Å². The second-order valence-electron chi connectivity index (χ2n) is 3.92. The topological polar surface area (TPSA) is 46.2 Å². The van der Waals surface area contributed by atoms with Gasteiger partial charge in [-0.05, 0) is 38.0 Å². The van der Waals surface area contributed by atoms with Crippen LogP contribution in [0.15, 0.2) is 41.3 Å². The van der Waals surface area contributed by atoms with Crippen LogP contribution in [0.4, 0.5) is 0 Å². The van der Waals surface area contributed by atoms with Crippen molar-refractivity contribution in [2.24, 2.45) is 0 Å². The molecule has 1 aromatic rings. The molecule has 3 nitrogen and oxygen atoms in total. The highest BCUT2D eigenvalue weighted by Crippen LogP contribution is 2.09. The third-order valence-corrected chi connectivity index (χ3v) is 3.86. The zero-order valence-corrected chi connectivity index (χ0v) is 11.2. The summed E-state index contributed by atoms with van der Waals surface area (Å²) >= 11 is 0. The molecule has 96 valence electrons. The lowest BCUT2D eigenvalue weighted by molar-refractivity contribution is 0.579. The lowest BCUT2D eigenvalue weighted by Crippen LogP contribution is -2.24. The minimum absolute atomic E-state index is 0.298. The Morgan fingerprint density at radius 3 is 2.61 bits per heavy atom. The molecule has 0 aromatic heterocycles. The Balaban J connectivity index is 2.48. The molecule has 1 aromatic carbocycles. The van der Waals surface area contributed by atoms with Crippen molar-refractivity contribution in [3.8, 4) is 12.3 Å².